The van der Waals surface area contributed by atoms with Crippen LogP contribution in [0.25, 0.3) is 0 Å². The number of halogens is 2. The van der Waals surface area contributed by atoms with Gasteiger partial charge in [0.25, 0.3) is 0 Å². The maximum absolute atomic E-state index is 3.89. The Morgan fingerprint density at radius 3 is 2.94 bits per heavy atom. The van der Waals surface area contributed by atoms with Crippen LogP contribution in [0.2, 0.25) is 0 Å². The Hall–Kier alpha value is -0.240. The van der Waals surface area contributed by atoms with Gasteiger partial charge < -0.3 is 5.32 Å². The molecule has 2 aromatic rings. The molecule has 0 radical (unpaired) electrons. The third-order valence-corrected chi connectivity index (χ3v) is 5.24. The molecule has 86 valence electrons. The molecule has 2 rings (SSSR count). The highest BCUT2D eigenvalue weighted by molar-refractivity contribution is 9.13. The number of thiophene rings is 1. The van der Waals surface area contributed by atoms with Crippen LogP contribution in [-0.4, -0.2) is 21.5 Å². The minimum atomic E-state index is 0.841. The molecule has 0 aliphatic heterocycles. The van der Waals surface area contributed by atoms with E-state index < -0.39 is 0 Å². The van der Waals surface area contributed by atoms with Crippen molar-refractivity contribution in [1.82, 2.24) is 20.3 Å². The van der Waals surface area contributed by atoms with Crippen LogP contribution >= 0.6 is 43.2 Å². The molecule has 4 nitrogen and oxygen atoms in total. The summed E-state index contributed by atoms with van der Waals surface area (Å²) < 4.78 is 4.07. The second kappa shape index (κ2) is 5.90. The lowest BCUT2D eigenvalue weighted by atomic mass is 10.4. The average Bonchev–Trinajstić information content (AvgIpc) is 2.85. The molecule has 0 amide bonds. The lowest BCUT2D eigenvalue weighted by Crippen LogP contribution is -2.19. The Labute approximate surface area is 114 Å². The molecule has 0 aliphatic carbocycles. The highest BCUT2D eigenvalue weighted by atomic mass is 79.9. The first-order valence-electron chi connectivity index (χ1n) is 4.74. The van der Waals surface area contributed by atoms with E-state index in [-0.39, 0.29) is 0 Å². The van der Waals surface area contributed by atoms with E-state index in [1.165, 1.54) is 4.88 Å². The molecular weight excluding hydrogens is 356 g/mol. The van der Waals surface area contributed by atoms with Crippen molar-refractivity contribution in [2.75, 3.05) is 6.54 Å². The van der Waals surface area contributed by atoms with Crippen LogP contribution in [0.3, 0.4) is 0 Å². The van der Waals surface area contributed by atoms with E-state index in [1.807, 2.05) is 10.9 Å². The van der Waals surface area contributed by atoms with Gasteiger partial charge in [-0.15, -0.1) is 16.4 Å². The molecule has 0 spiro atoms. The minimum absolute atomic E-state index is 0.841. The van der Waals surface area contributed by atoms with Gasteiger partial charge in [0.15, 0.2) is 0 Å². The highest BCUT2D eigenvalue weighted by Gasteiger charge is 2.03. The fourth-order valence-electron chi connectivity index (χ4n) is 1.24. The van der Waals surface area contributed by atoms with Gasteiger partial charge in [-0.3, -0.25) is 4.68 Å². The van der Waals surface area contributed by atoms with E-state index in [0.29, 0.717) is 0 Å². The average molecular weight is 366 g/mol. The molecule has 0 aliphatic rings. The van der Waals surface area contributed by atoms with E-state index >= 15 is 0 Å². The van der Waals surface area contributed by atoms with E-state index in [0.717, 1.165) is 27.9 Å². The molecule has 0 saturated heterocycles. The van der Waals surface area contributed by atoms with E-state index in [4.69, 9.17) is 0 Å². The predicted octanol–water partition coefficient (Wildman–Crippen LogP) is 2.65. The molecule has 2 aromatic heterocycles. The first-order valence-corrected chi connectivity index (χ1v) is 7.14. The van der Waals surface area contributed by atoms with E-state index in [2.05, 4.69) is 53.6 Å². The summed E-state index contributed by atoms with van der Waals surface area (Å²) in [5, 5.41) is 11.0. The van der Waals surface area contributed by atoms with Gasteiger partial charge in [-0.05, 0) is 37.9 Å². The molecule has 16 heavy (non-hydrogen) atoms. The van der Waals surface area contributed by atoms with Crippen molar-refractivity contribution < 1.29 is 0 Å². The predicted molar refractivity (Wildman–Crippen MR) is 71.4 cm³/mol. The maximum atomic E-state index is 3.89. The Morgan fingerprint density at radius 1 is 1.44 bits per heavy atom. The third kappa shape index (κ3) is 3.38. The summed E-state index contributed by atoms with van der Waals surface area (Å²) in [7, 11) is 0. The molecule has 0 bridgehead atoms. The molecular formula is C9H10Br2N4S. The summed E-state index contributed by atoms with van der Waals surface area (Å²) in [5.74, 6) is 0. The topological polar surface area (TPSA) is 42.7 Å². The zero-order chi connectivity index (χ0) is 11.4. The van der Waals surface area contributed by atoms with E-state index in [9.17, 15) is 0 Å². The van der Waals surface area contributed by atoms with Crippen molar-refractivity contribution in [3.8, 4) is 0 Å². The highest BCUT2D eigenvalue weighted by Crippen LogP contribution is 2.32. The lowest BCUT2D eigenvalue weighted by Gasteiger charge is -2.02. The van der Waals surface area contributed by atoms with Crippen LogP contribution in [0.5, 0.6) is 0 Å². The quantitative estimate of drug-likeness (QED) is 0.828. The number of aromatic nitrogens is 3. The standard InChI is InChI=1S/C9H10Br2N4S/c10-8-5-7(16-9(8)11)6-12-1-3-15-4-2-13-14-15/h2,4-5,12H,1,3,6H2. The van der Waals surface area contributed by atoms with E-state index in [1.54, 1.807) is 17.5 Å². The summed E-state index contributed by atoms with van der Waals surface area (Å²) in [6.07, 6.45) is 3.55. The monoisotopic (exact) mass is 364 g/mol. The van der Waals surface area contributed by atoms with Gasteiger partial charge in [-0.2, -0.15) is 0 Å². The molecule has 0 aromatic carbocycles. The molecule has 0 atom stereocenters. The Bertz CT molecular complexity index is 421. The Balaban J connectivity index is 1.72. The number of hydrogen-bond donors (Lipinski definition) is 1. The SMILES string of the molecule is Brc1cc(CNCCn2ccnn2)sc1Br. The zero-order valence-electron chi connectivity index (χ0n) is 8.36. The van der Waals surface area contributed by atoms with Crippen LogP contribution in [-0.2, 0) is 13.1 Å². The molecule has 7 heteroatoms. The number of rotatable bonds is 5. The van der Waals surface area contributed by atoms with Gasteiger partial charge in [-0.1, -0.05) is 5.21 Å². The van der Waals surface area contributed by atoms with Crippen molar-refractivity contribution in [1.29, 1.82) is 0 Å². The normalized spacial score (nSPS) is 10.9. The van der Waals surface area contributed by atoms with Gasteiger partial charge in [0, 0.05) is 28.6 Å². The van der Waals surface area contributed by atoms with Crippen LogP contribution < -0.4 is 5.32 Å². The first kappa shape index (κ1) is 12.2. The summed E-state index contributed by atoms with van der Waals surface area (Å²) in [6, 6.07) is 2.12. The third-order valence-electron chi connectivity index (χ3n) is 1.99. The van der Waals surface area contributed by atoms with Crippen LogP contribution in [0.15, 0.2) is 26.7 Å². The first-order chi connectivity index (χ1) is 7.75. The van der Waals surface area contributed by atoms with Crippen LogP contribution in [0.1, 0.15) is 4.88 Å². The second-order valence-corrected chi connectivity index (χ2v) is 6.49. The maximum Gasteiger partial charge on any atom is 0.0843 e. The largest absolute Gasteiger partial charge is 0.310 e. The zero-order valence-corrected chi connectivity index (χ0v) is 12.3. The molecule has 2 heterocycles. The van der Waals surface area contributed by atoms with Gasteiger partial charge >= 0.3 is 0 Å². The Kier molecular flexibility index (Phi) is 4.51. The smallest absolute Gasteiger partial charge is 0.0843 e. The van der Waals surface area contributed by atoms with Gasteiger partial charge in [-0.25, -0.2) is 0 Å². The van der Waals surface area contributed by atoms with Crippen molar-refractivity contribution in [2.24, 2.45) is 0 Å². The number of nitrogens with zero attached hydrogens (tertiary/aromatic N) is 3. The van der Waals surface area contributed by atoms with Gasteiger partial charge in [0.2, 0.25) is 0 Å². The van der Waals surface area contributed by atoms with Crippen molar-refractivity contribution in [3.63, 3.8) is 0 Å². The van der Waals surface area contributed by atoms with Crippen molar-refractivity contribution >= 4 is 43.2 Å². The summed E-state index contributed by atoms with van der Waals surface area (Å²) >= 11 is 8.68. The fraction of sp³-hybridized carbons (Fsp3) is 0.333. The number of hydrogen-bond acceptors (Lipinski definition) is 4. The fourth-order valence-corrected chi connectivity index (χ4v) is 3.38. The van der Waals surface area contributed by atoms with Gasteiger partial charge in [0.1, 0.15) is 0 Å². The second-order valence-electron chi connectivity index (χ2n) is 3.18. The lowest BCUT2D eigenvalue weighted by molar-refractivity contribution is 0.542. The van der Waals surface area contributed by atoms with Crippen molar-refractivity contribution in [3.05, 3.63) is 31.6 Å². The van der Waals surface area contributed by atoms with Crippen LogP contribution in [0, 0.1) is 0 Å². The van der Waals surface area contributed by atoms with Gasteiger partial charge in [0.05, 0.1) is 16.5 Å². The molecule has 1 N–H and O–H groups in total. The summed E-state index contributed by atoms with van der Waals surface area (Å²) in [5.41, 5.74) is 0. The number of nitrogens with one attached hydrogen (secondary N) is 1. The molecule has 0 fully saturated rings. The summed E-state index contributed by atoms with van der Waals surface area (Å²) in [6.45, 7) is 2.60. The Morgan fingerprint density at radius 2 is 2.31 bits per heavy atom. The summed E-state index contributed by atoms with van der Waals surface area (Å²) in [4.78, 5) is 1.30. The van der Waals surface area contributed by atoms with Crippen LogP contribution in [0.4, 0.5) is 0 Å². The minimum Gasteiger partial charge on any atom is -0.310 e. The molecule has 0 saturated carbocycles. The molecule has 0 unspecified atom stereocenters. The van der Waals surface area contributed by atoms with Crippen molar-refractivity contribution in [2.45, 2.75) is 13.1 Å².